The summed E-state index contributed by atoms with van der Waals surface area (Å²) in [6, 6.07) is 6.25. The molecule has 1 aromatic rings. The third kappa shape index (κ3) is 4.05. The van der Waals surface area contributed by atoms with Gasteiger partial charge in [-0.1, -0.05) is 18.2 Å². The van der Waals surface area contributed by atoms with Gasteiger partial charge >= 0.3 is 0 Å². The van der Waals surface area contributed by atoms with Crippen LogP contribution in [0.25, 0.3) is 0 Å². The van der Waals surface area contributed by atoms with Gasteiger partial charge in [-0.2, -0.15) is 0 Å². The van der Waals surface area contributed by atoms with E-state index in [2.05, 4.69) is 49.9 Å². The predicted molar refractivity (Wildman–Crippen MR) is 84.0 cm³/mol. The first-order valence-corrected chi connectivity index (χ1v) is 7.58. The van der Waals surface area contributed by atoms with E-state index >= 15 is 0 Å². The van der Waals surface area contributed by atoms with Crippen molar-refractivity contribution < 1.29 is 5.11 Å². The number of aliphatic hydroxyl groups is 1. The van der Waals surface area contributed by atoms with Crippen LogP contribution in [0.3, 0.4) is 0 Å². The maximum absolute atomic E-state index is 10.4. The van der Waals surface area contributed by atoms with E-state index in [9.17, 15) is 5.11 Å². The van der Waals surface area contributed by atoms with Crippen molar-refractivity contribution in [3.05, 3.63) is 34.9 Å². The highest BCUT2D eigenvalue weighted by molar-refractivity contribution is 5.31. The van der Waals surface area contributed by atoms with Crippen LogP contribution in [0.15, 0.2) is 18.2 Å². The highest BCUT2D eigenvalue weighted by atomic mass is 16.3. The molecule has 1 aliphatic heterocycles. The smallest absolute Gasteiger partial charge is 0.0916 e. The lowest BCUT2D eigenvalue weighted by Gasteiger charge is -2.24. The summed E-state index contributed by atoms with van der Waals surface area (Å²) in [7, 11) is 4.30. The number of likely N-dealkylation sites (N-methyl/N-ethyl adjacent to an activating group) is 1. The van der Waals surface area contributed by atoms with Gasteiger partial charge in [0.1, 0.15) is 0 Å². The summed E-state index contributed by atoms with van der Waals surface area (Å²) in [4.78, 5) is 4.65. The fraction of sp³-hybridized carbons (Fsp3) is 0.647. The lowest BCUT2D eigenvalue weighted by atomic mass is 10.0. The van der Waals surface area contributed by atoms with E-state index in [1.54, 1.807) is 0 Å². The molecule has 1 heterocycles. The molecule has 1 N–H and O–H groups in total. The lowest BCUT2D eigenvalue weighted by Crippen LogP contribution is -2.31. The molecule has 2 atom stereocenters. The highest BCUT2D eigenvalue weighted by Gasteiger charge is 2.21. The fourth-order valence-corrected chi connectivity index (χ4v) is 3.06. The third-order valence-electron chi connectivity index (χ3n) is 4.46. The first-order chi connectivity index (χ1) is 9.45. The summed E-state index contributed by atoms with van der Waals surface area (Å²) in [5, 5.41) is 10.4. The highest BCUT2D eigenvalue weighted by Crippen LogP contribution is 2.20. The van der Waals surface area contributed by atoms with Gasteiger partial charge in [0, 0.05) is 19.6 Å². The maximum Gasteiger partial charge on any atom is 0.0916 e. The molecule has 0 saturated carbocycles. The largest absolute Gasteiger partial charge is 0.387 e. The van der Waals surface area contributed by atoms with Crippen LogP contribution in [0, 0.1) is 19.8 Å². The molecule has 112 valence electrons. The molecule has 0 aromatic heterocycles. The molecule has 0 bridgehead atoms. The van der Waals surface area contributed by atoms with Crippen molar-refractivity contribution in [3.8, 4) is 0 Å². The number of benzene rings is 1. The molecule has 1 aromatic carbocycles. The van der Waals surface area contributed by atoms with Crippen LogP contribution in [0.2, 0.25) is 0 Å². The number of nitrogens with zero attached hydrogens (tertiary/aromatic N) is 2. The second-order valence-corrected chi connectivity index (χ2v) is 6.50. The molecule has 2 unspecified atom stereocenters. The zero-order chi connectivity index (χ0) is 14.7. The van der Waals surface area contributed by atoms with Crippen molar-refractivity contribution in [2.75, 3.05) is 40.3 Å². The Morgan fingerprint density at radius 1 is 1.35 bits per heavy atom. The monoisotopic (exact) mass is 276 g/mol. The second kappa shape index (κ2) is 6.70. The van der Waals surface area contributed by atoms with E-state index in [4.69, 9.17) is 0 Å². The molecule has 1 aliphatic rings. The molecular formula is C17H28N2O. The zero-order valence-corrected chi connectivity index (χ0v) is 13.3. The molecule has 3 nitrogen and oxygen atoms in total. The Morgan fingerprint density at radius 2 is 2.10 bits per heavy atom. The Hall–Kier alpha value is -0.900. The van der Waals surface area contributed by atoms with Crippen LogP contribution in [0.4, 0.5) is 0 Å². The first-order valence-electron chi connectivity index (χ1n) is 7.58. The Kier molecular flexibility index (Phi) is 5.19. The fourth-order valence-electron chi connectivity index (χ4n) is 3.06. The Balaban J connectivity index is 1.86. The summed E-state index contributed by atoms with van der Waals surface area (Å²) in [6.07, 6.45) is 0.888. The van der Waals surface area contributed by atoms with Gasteiger partial charge in [-0.3, -0.25) is 0 Å². The normalized spacial score (nSPS) is 21.6. The van der Waals surface area contributed by atoms with Crippen molar-refractivity contribution in [2.45, 2.75) is 26.4 Å². The molecular weight excluding hydrogens is 248 g/mol. The van der Waals surface area contributed by atoms with Gasteiger partial charge in [-0.15, -0.1) is 0 Å². The zero-order valence-electron chi connectivity index (χ0n) is 13.3. The second-order valence-electron chi connectivity index (χ2n) is 6.50. The number of aryl methyl sites for hydroxylation is 2. The molecule has 1 saturated heterocycles. The molecule has 20 heavy (non-hydrogen) atoms. The molecule has 0 radical (unpaired) electrons. The van der Waals surface area contributed by atoms with E-state index in [-0.39, 0.29) is 0 Å². The minimum Gasteiger partial charge on any atom is -0.387 e. The minimum atomic E-state index is -0.390. The maximum atomic E-state index is 10.4. The van der Waals surface area contributed by atoms with E-state index in [1.807, 2.05) is 6.07 Å². The van der Waals surface area contributed by atoms with Crippen LogP contribution in [0.5, 0.6) is 0 Å². The molecule has 1 fully saturated rings. The van der Waals surface area contributed by atoms with E-state index in [1.165, 1.54) is 30.6 Å². The van der Waals surface area contributed by atoms with Crippen molar-refractivity contribution in [1.82, 2.24) is 9.80 Å². The topological polar surface area (TPSA) is 26.7 Å². The van der Waals surface area contributed by atoms with Gasteiger partial charge in [-0.25, -0.2) is 0 Å². The number of aliphatic hydroxyl groups excluding tert-OH is 1. The average molecular weight is 276 g/mol. The van der Waals surface area contributed by atoms with Gasteiger partial charge in [0.05, 0.1) is 6.10 Å². The van der Waals surface area contributed by atoms with E-state index in [0.29, 0.717) is 6.54 Å². The summed E-state index contributed by atoms with van der Waals surface area (Å²) >= 11 is 0. The van der Waals surface area contributed by atoms with Gasteiger partial charge in [0.25, 0.3) is 0 Å². The summed E-state index contributed by atoms with van der Waals surface area (Å²) in [5.41, 5.74) is 3.56. The third-order valence-corrected chi connectivity index (χ3v) is 4.46. The van der Waals surface area contributed by atoms with Gasteiger partial charge in [-0.05, 0) is 63.5 Å². The molecule has 2 rings (SSSR count). The minimum absolute atomic E-state index is 0.390. The number of rotatable bonds is 5. The molecule has 0 aliphatic carbocycles. The summed E-state index contributed by atoms with van der Waals surface area (Å²) in [6.45, 7) is 8.38. The predicted octanol–water partition coefficient (Wildman–Crippen LogP) is 2.22. The van der Waals surface area contributed by atoms with Crippen LogP contribution in [-0.2, 0) is 0 Å². The van der Waals surface area contributed by atoms with Crippen LogP contribution < -0.4 is 0 Å². The summed E-state index contributed by atoms with van der Waals surface area (Å²) in [5.74, 6) is 0.747. The van der Waals surface area contributed by atoms with E-state index in [0.717, 1.165) is 18.0 Å². The SMILES string of the molecule is Cc1ccc(C(O)CN(C)CC2CCN(C)C2)cc1C. The van der Waals surface area contributed by atoms with Crippen molar-refractivity contribution in [1.29, 1.82) is 0 Å². The van der Waals surface area contributed by atoms with E-state index < -0.39 is 6.10 Å². The van der Waals surface area contributed by atoms with Gasteiger partial charge in [0.2, 0.25) is 0 Å². The number of likely N-dealkylation sites (tertiary alicyclic amines) is 1. The average Bonchev–Trinajstić information content (AvgIpc) is 2.77. The molecule has 0 spiro atoms. The standard InChI is InChI=1S/C17H28N2O/c1-13-5-6-16(9-14(13)2)17(20)12-19(4)11-15-7-8-18(3)10-15/h5-6,9,15,17,20H,7-8,10-12H2,1-4H3. The van der Waals surface area contributed by atoms with Crippen LogP contribution >= 0.6 is 0 Å². The quantitative estimate of drug-likeness (QED) is 0.893. The Labute approximate surface area is 123 Å². The Morgan fingerprint density at radius 3 is 2.70 bits per heavy atom. The Bertz CT molecular complexity index is 447. The van der Waals surface area contributed by atoms with Crippen molar-refractivity contribution >= 4 is 0 Å². The molecule has 3 heteroatoms. The lowest BCUT2D eigenvalue weighted by molar-refractivity contribution is 0.119. The first kappa shape index (κ1) is 15.5. The number of hydrogen-bond acceptors (Lipinski definition) is 3. The van der Waals surface area contributed by atoms with Crippen molar-refractivity contribution in [3.63, 3.8) is 0 Å². The van der Waals surface area contributed by atoms with Crippen LogP contribution in [0.1, 0.15) is 29.2 Å². The van der Waals surface area contributed by atoms with Crippen molar-refractivity contribution in [2.24, 2.45) is 5.92 Å². The van der Waals surface area contributed by atoms with Crippen LogP contribution in [-0.4, -0.2) is 55.2 Å². The summed E-state index contributed by atoms with van der Waals surface area (Å²) < 4.78 is 0. The van der Waals surface area contributed by atoms with Gasteiger partial charge < -0.3 is 14.9 Å². The molecule has 0 amide bonds. The van der Waals surface area contributed by atoms with Gasteiger partial charge in [0.15, 0.2) is 0 Å². The number of hydrogen-bond donors (Lipinski definition) is 1.